The number of nitrogens with one attached hydrogen (secondary N) is 1. The Labute approximate surface area is 240 Å². The standard InChI is InChI=1S/C30H29F2N3O5S/c1-3-11-39-12-10-17(2)29-33-23(16-41-29)21-6-7-22(31)26(32)27(21)40-15-18-4-5-20-19(13-18)14-35(30(20)38)24-8-9-25(36)34-28(24)37/h4-7,13,16,24H,2-3,8-12,14-15H2,1H3,(H,34,36,37). The van der Waals surface area contributed by atoms with Crippen molar-refractivity contribution in [1.29, 1.82) is 0 Å². The third-order valence-electron chi connectivity index (χ3n) is 7.00. The monoisotopic (exact) mass is 581 g/mol. The van der Waals surface area contributed by atoms with E-state index in [0.29, 0.717) is 52.6 Å². The molecule has 0 bridgehead atoms. The molecule has 8 nitrogen and oxygen atoms in total. The van der Waals surface area contributed by atoms with Gasteiger partial charge in [0, 0.05) is 36.1 Å². The first-order valence-electron chi connectivity index (χ1n) is 13.4. The van der Waals surface area contributed by atoms with Crippen LogP contribution < -0.4 is 10.1 Å². The molecule has 1 fully saturated rings. The minimum Gasteiger partial charge on any atom is -0.485 e. The van der Waals surface area contributed by atoms with Crippen LogP contribution in [0, 0.1) is 11.6 Å². The van der Waals surface area contributed by atoms with Crippen molar-refractivity contribution in [2.45, 2.75) is 51.8 Å². The van der Waals surface area contributed by atoms with Crippen molar-refractivity contribution in [2.24, 2.45) is 0 Å². The predicted octanol–water partition coefficient (Wildman–Crippen LogP) is 5.26. The van der Waals surface area contributed by atoms with Gasteiger partial charge >= 0.3 is 0 Å². The largest absolute Gasteiger partial charge is 0.485 e. The van der Waals surface area contributed by atoms with Gasteiger partial charge in [-0.25, -0.2) is 9.37 Å². The van der Waals surface area contributed by atoms with Gasteiger partial charge in [0.15, 0.2) is 11.6 Å². The maximum atomic E-state index is 15.0. The summed E-state index contributed by atoms with van der Waals surface area (Å²) in [6.45, 7) is 7.41. The number of hydrogen-bond donors (Lipinski definition) is 1. The number of carbonyl (C=O) groups excluding carboxylic acids is 3. The highest BCUT2D eigenvalue weighted by Gasteiger charge is 2.39. The molecule has 0 aliphatic carbocycles. The number of rotatable bonds is 11. The summed E-state index contributed by atoms with van der Waals surface area (Å²) in [4.78, 5) is 42.8. The van der Waals surface area contributed by atoms with Crippen LogP contribution >= 0.6 is 11.3 Å². The molecule has 3 aromatic rings. The van der Waals surface area contributed by atoms with Crippen LogP contribution in [0.2, 0.25) is 0 Å². The minimum absolute atomic E-state index is 0.0915. The van der Waals surface area contributed by atoms with Crippen molar-refractivity contribution in [3.63, 3.8) is 0 Å². The van der Waals surface area contributed by atoms with Crippen molar-refractivity contribution in [3.8, 4) is 17.0 Å². The van der Waals surface area contributed by atoms with Crippen molar-refractivity contribution in [3.05, 3.63) is 75.6 Å². The first-order chi connectivity index (χ1) is 19.8. The summed E-state index contributed by atoms with van der Waals surface area (Å²) in [7, 11) is 0. The van der Waals surface area contributed by atoms with E-state index >= 15 is 0 Å². The molecule has 214 valence electrons. The number of imide groups is 1. The lowest BCUT2D eigenvalue weighted by Crippen LogP contribution is -2.52. The Morgan fingerprint density at radius 3 is 2.76 bits per heavy atom. The number of benzene rings is 2. The molecule has 3 heterocycles. The normalized spacial score (nSPS) is 16.6. The Hall–Kier alpha value is -3.96. The fraction of sp³-hybridized carbons (Fsp3) is 0.333. The Bertz CT molecular complexity index is 1520. The zero-order chi connectivity index (χ0) is 29.1. The molecule has 1 unspecified atom stereocenters. The summed E-state index contributed by atoms with van der Waals surface area (Å²) in [5, 5.41) is 4.71. The van der Waals surface area contributed by atoms with Crippen LogP contribution in [0.25, 0.3) is 16.8 Å². The van der Waals surface area contributed by atoms with Crippen molar-refractivity contribution in [1.82, 2.24) is 15.2 Å². The van der Waals surface area contributed by atoms with Gasteiger partial charge in [0.1, 0.15) is 17.7 Å². The molecule has 1 saturated heterocycles. The van der Waals surface area contributed by atoms with Crippen molar-refractivity contribution >= 4 is 34.6 Å². The average Bonchev–Trinajstić information content (AvgIpc) is 3.57. The minimum atomic E-state index is -1.12. The van der Waals surface area contributed by atoms with E-state index in [-0.39, 0.29) is 43.6 Å². The molecule has 1 aromatic heterocycles. The highest BCUT2D eigenvalue weighted by atomic mass is 32.1. The number of aromatic nitrogens is 1. The molecule has 1 N–H and O–H groups in total. The molecule has 41 heavy (non-hydrogen) atoms. The molecule has 11 heteroatoms. The SMILES string of the molecule is C=C(CCOCCC)c1nc(-c2ccc(F)c(F)c2OCc2ccc3c(c2)CN(C2CCC(=O)NC2=O)C3=O)cs1. The molecule has 2 aliphatic heterocycles. The molecular weight excluding hydrogens is 552 g/mol. The molecule has 0 radical (unpaired) electrons. The lowest BCUT2D eigenvalue weighted by Gasteiger charge is -2.29. The number of carbonyl (C=O) groups is 3. The van der Waals surface area contributed by atoms with Gasteiger partial charge in [-0.1, -0.05) is 19.6 Å². The smallest absolute Gasteiger partial charge is 0.255 e. The Balaban J connectivity index is 1.30. The first kappa shape index (κ1) is 28.6. The van der Waals surface area contributed by atoms with E-state index in [0.717, 1.165) is 18.1 Å². The van der Waals surface area contributed by atoms with Crippen LogP contribution in [0.4, 0.5) is 8.78 Å². The van der Waals surface area contributed by atoms with E-state index in [1.54, 1.807) is 23.6 Å². The van der Waals surface area contributed by atoms with Gasteiger partial charge in [-0.15, -0.1) is 11.3 Å². The Morgan fingerprint density at radius 1 is 1.17 bits per heavy atom. The number of fused-ring (bicyclic) bond motifs is 1. The van der Waals surface area contributed by atoms with Gasteiger partial charge in [0.25, 0.3) is 5.91 Å². The van der Waals surface area contributed by atoms with Crippen LogP contribution in [-0.2, 0) is 27.5 Å². The molecule has 5 rings (SSSR count). The first-order valence-corrected chi connectivity index (χ1v) is 14.2. The summed E-state index contributed by atoms with van der Waals surface area (Å²) in [6.07, 6.45) is 1.96. The number of nitrogens with zero attached hydrogens (tertiary/aromatic N) is 2. The number of ether oxygens (including phenoxy) is 2. The zero-order valence-electron chi connectivity index (χ0n) is 22.5. The van der Waals surface area contributed by atoms with Gasteiger partial charge < -0.3 is 14.4 Å². The summed E-state index contributed by atoms with van der Waals surface area (Å²) >= 11 is 1.35. The molecule has 2 aromatic carbocycles. The Morgan fingerprint density at radius 2 is 1.98 bits per heavy atom. The lowest BCUT2D eigenvalue weighted by atomic mass is 10.0. The number of hydrogen-bond acceptors (Lipinski definition) is 7. The number of piperidine rings is 1. The molecule has 3 amide bonds. The van der Waals surface area contributed by atoms with E-state index < -0.39 is 23.6 Å². The number of thiazole rings is 1. The van der Waals surface area contributed by atoms with Gasteiger partial charge in [-0.05, 0) is 60.2 Å². The van der Waals surface area contributed by atoms with Gasteiger partial charge in [-0.3, -0.25) is 19.7 Å². The van der Waals surface area contributed by atoms with Crippen LogP contribution in [0.1, 0.15) is 59.1 Å². The molecule has 2 aliphatic rings. The highest BCUT2D eigenvalue weighted by molar-refractivity contribution is 7.11. The second kappa shape index (κ2) is 12.3. The molecular formula is C30H29F2N3O5S. The van der Waals surface area contributed by atoms with E-state index in [9.17, 15) is 23.2 Å². The van der Waals surface area contributed by atoms with Crippen molar-refractivity contribution < 1.29 is 32.6 Å². The van der Waals surface area contributed by atoms with E-state index in [1.807, 2.05) is 6.92 Å². The van der Waals surface area contributed by atoms with E-state index in [2.05, 4.69) is 16.9 Å². The van der Waals surface area contributed by atoms with Gasteiger partial charge in [-0.2, -0.15) is 4.39 Å². The summed E-state index contributed by atoms with van der Waals surface area (Å²) in [5.41, 5.74) is 3.31. The molecule has 1 atom stereocenters. The fourth-order valence-electron chi connectivity index (χ4n) is 4.86. The third kappa shape index (κ3) is 6.06. The fourth-order valence-corrected chi connectivity index (χ4v) is 5.68. The van der Waals surface area contributed by atoms with Gasteiger partial charge in [0.05, 0.1) is 12.3 Å². The molecule has 0 saturated carbocycles. The average molecular weight is 582 g/mol. The summed E-state index contributed by atoms with van der Waals surface area (Å²) < 4.78 is 40.6. The predicted molar refractivity (Wildman–Crippen MR) is 149 cm³/mol. The summed E-state index contributed by atoms with van der Waals surface area (Å²) in [5.74, 6) is -3.56. The molecule has 0 spiro atoms. The van der Waals surface area contributed by atoms with E-state index in [4.69, 9.17) is 9.47 Å². The van der Waals surface area contributed by atoms with Crippen LogP contribution in [0.5, 0.6) is 5.75 Å². The number of halogens is 2. The summed E-state index contributed by atoms with van der Waals surface area (Å²) in [6, 6.07) is 6.80. The zero-order valence-corrected chi connectivity index (χ0v) is 23.3. The topological polar surface area (TPSA) is 97.8 Å². The maximum Gasteiger partial charge on any atom is 0.255 e. The lowest BCUT2D eigenvalue weighted by molar-refractivity contribution is -0.136. The van der Waals surface area contributed by atoms with E-state index in [1.165, 1.54) is 22.3 Å². The van der Waals surface area contributed by atoms with Crippen LogP contribution in [0.3, 0.4) is 0 Å². The number of amides is 3. The van der Waals surface area contributed by atoms with Crippen molar-refractivity contribution in [2.75, 3.05) is 13.2 Å². The quantitative estimate of drug-likeness (QED) is 0.245. The Kier molecular flexibility index (Phi) is 8.55. The second-order valence-electron chi connectivity index (χ2n) is 9.92. The second-order valence-corrected chi connectivity index (χ2v) is 10.8. The van der Waals surface area contributed by atoms with Gasteiger partial charge in [0.2, 0.25) is 17.6 Å². The highest BCUT2D eigenvalue weighted by Crippen LogP contribution is 2.37. The third-order valence-corrected chi connectivity index (χ3v) is 7.94. The van der Waals surface area contributed by atoms with Crippen LogP contribution in [0.15, 0.2) is 42.3 Å². The van der Waals surface area contributed by atoms with Crippen LogP contribution in [-0.4, -0.2) is 46.9 Å². The maximum absolute atomic E-state index is 15.0.